The molecule has 0 aliphatic carbocycles. The summed E-state index contributed by atoms with van der Waals surface area (Å²) < 4.78 is 48.2. The first-order valence-electron chi connectivity index (χ1n) is 6.52. The number of halogens is 5. The summed E-state index contributed by atoms with van der Waals surface area (Å²) >= 11 is 11.7. The molecule has 24 heavy (non-hydrogen) atoms. The Labute approximate surface area is 143 Å². The van der Waals surface area contributed by atoms with Crippen molar-refractivity contribution in [2.75, 3.05) is 20.4 Å². The fourth-order valence-electron chi connectivity index (χ4n) is 1.84. The highest BCUT2D eigenvalue weighted by Gasteiger charge is 2.24. The highest BCUT2D eigenvalue weighted by molar-refractivity contribution is 6.35. The summed E-state index contributed by atoms with van der Waals surface area (Å²) in [6.07, 6.45) is -4.80. The van der Waals surface area contributed by atoms with Crippen LogP contribution in [0.25, 0.3) is 11.0 Å². The van der Waals surface area contributed by atoms with Crippen LogP contribution in [0, 0.1) is 0 Å². The highest BCUT2D eigenvalue weighted by Crippen LogP contribution is 2.25. The van der Waals surface area contributed by atoms with Crippen molar-refractivity contribution in [3.05, 3.63) is 16.1 Å². The van der Waals surface area contributed by atoms with Crippen LogP contribution in [0.15, 0.2) is 0 Å². The fraction of sp³-hybridized carbons (Fsp3) is 0.500. The quantitative estimate of drug-likeness (QED) is 0.413. The van der Waals surface area contributed by atoms with Crippen LogP contribution in [0.4, 0.5) is 13.2 Å². The van der Waals surface area contributed by atoms with Gasteiger partial charge in [0, 0.05) is 0 Å². The molecule has 2 rings (SSSR count). The fourth-order valence-corrected chi connectivity index (χ4v) is 2.32. The van der Waals surface area contributed by atoms with Gasteiger partial charge >= 0.3 is 5.97 Å². The van der Waals surface area contributed by atoms with Gasteiger partial charge in [-0.05, 0) is 11.6 Å². The minimum atomic E-state index is -2.42. The number of methoxy groups -OCH3 is 1. The molecule has 0 amide bonds. The number of fused-ring (bicyclic) bond motifs is 1. The van der Waals surface area contributed by atoms with Crippen molar-refractivity contribution in [3.63, 3.8) is 0 Å². The predicted octanol–water partition coefficient (Wildman–Crippen LogP) is 2.54. The predicted molar refractivity (Wildman–Crippen MR) is 78.4 cm³/mol. The van der Waals surface area contributed by atoms with Crippen molar-refractivity contribution in [3.8, 4) is 0 Å². The van der Waals surface area contributed by atoms with Crippen molar-refractivity contribution in [2.45, 2.75) is 19.1 Å². The van der Waals surface area contributed by atoms with Gasteiger partial charge in [-0.3, -0.25) is 4.68 Å². The average molecular weight is 387 g/mol. The molecule has 7 nitrogen and oxygen atoms in total. The van der Waals surface area contributed by atoms with Crippen LogP contribution < -0.4 is 0 Å². The van der Waals surface area contributed by atoms with E-state index in [0.717, 1.165) is 11.8 Å². The lowest BCUT2D eigenvalue weighted by atomic mass is 10.3. The third-order valence-electron chi connectivity index (χ3n) is 2.91. The van der Waals surface area contributed by atoms with Crippen LogP contribution in [0.5, 0.6) is 0 Å². The zero-order valence-corrected chi connectivity index (χ0v) is 13.7. The molecule has 0 aliphatic rings. The van der Waals surface area contributed by atoms with Gasteiger partial charge in [0.25, 0.3) is 0 Å². The molecular weight excluding hydrogens is 376 g/mol. The topological polar surface area (TPSA) is 79.1 Å². The summed E-state index contributed by atoms with van der Waals surface area (Å²) in [5.41, 5.74) is 0.00108. The minimum Gasteiger partial charge on any atom is -0.464 e. The summed E-state index contributed by atoms with van der Waals surface area (Å²) in [4.78, 5) is 19.3. The van der Waals surface area contributed by atoms with E-state index in [1.165, 1.54) is 0 Å². The molecule has 0 aliphatic heterocycles. The first-order valence-corrected chi connectivity index (χ1v) is 7.28. The largest absolute Gasteiger partial charge is 0.464 e. The molecule has 0 bridgehead atoms. The standard InChI is InChI=1S/C12H11Cl2F3N4O3/c1-23-11(22)7-6-8(9(13)19-12(14)18-6)21(20-7)2-3-24-10(17)5(16)4-15/h5,10H,2-4H2,1H3. The van der Waals surface area contributed by atoms with Crippen LogP contribution in [0.3, 0.4) is 0 Å². The Balaban J connectivity index is 2.28. The van der Waals surface area contributed by atoms with E-state index < -0.39 is 25.2 Å². The van der Waals surface area contributed by atoms with Gasteiger partial charge in [-0.2, -0.15) is 5.10 Å². The highest BCUT2D eigenvalue weighted by atomic mass is 35.5. The van der Waals surface area contributed by atoms with E-state index in [-0.39, 0.29) is 40.3 Å². The van der Waals surface area contributed by atoms with Gasteiger partial charge in [-0.25, -0.2) is 27.9 Å². The van der Waals surface area contributed by atoms with Gasteiger partial charge in [0.05, 0.1) is 20.3 Å². The van der Waals surface area contributed by atoms with E-state index in [1.54, 1.807) is 0 Å². The Morgan fingerprint density at radius 1 is 1.33 bits per heavy atom. The van der Waals surface area contributed by atoms with E-state index >= 15 is 0 Å². The van der Waals surface area contributed by atoms with E-state index in [4.69, 9.17) is 23.2 Å². The van der Waals surface area contributed by atoms with E-state index in [0.29, 0.717) is 0 Å². The molecular formula is C12H11Cl2F3N4O3. The van der Waals surface area contributed by atoms with Gasteiger partial charge in [-0.1, -0.05) is 11.6 Å². The lowest BCUT2D eigenvalue weighted by Gasteiger charge is -2.11. The zero-order valence-electron chi connectivity index (χ0n) is 12.2. The molecule has 2 heterocycles. The third kappa shape index (κ3) is 3.87. The number of hydrogen-bond acceptors (Lipinski definition) is 6. The average Bonchev–Trinajstić information content (AvgIpc) is 2.91. The van der Waals surface area contributed by atoms with Gasteiger partial charge < -0.3 is 9.47 Å². The maximum absolute atomic E-state index is 13.1. The normalized spacial score (nSPS) is 13.9. The summed E-state index contributed by atoms with van der Waals surface area (Å²) in [6, 6.07) is 0. The molecule has 2 atom stereocenters. The molecule has 2 unspecified atom stereocenters. The molecule has 0 radical (unpaired) electrons. The maximum Gasteiger partial charge on any atom is 0.360 e. The minimum absolute atomic E-state index is 0.0378. The Morgan fingerprint density at radius 3 is 2.67 bits per heavy atom. The lowest BCUT2D eigenvalue weighted by Crippen LogP contribution is -2.24. The SMILES string of the molecule is COC(=O)c1nn(CCOC(F)C(F)CF)c2c(Cl)nc(Cl)nc12. The van der Waals surface area contributed by atoms with Crippen molar-refractivity contribution in [1.82, 2.24) is 19.7 Å². The van der Waals surface area contributed by atoms with Crippen molar-refractivity contribution >= 4 is 40.2 Å². The monoisotopic (exact) mass is 386 g/mol. The number of carbonyl (C=O) groups excluding carboxylic acids is 1. The van der Waals surface area contributed by atoms with Crippen LogP contribution in [0.2, 0.25) is 10.4 Å². The second-order valence-electron chi connectivity index (χ2n) is 4.44. The molecule has 0 N–H and O–H groups in total. The summed E-state index contributed by atoms with van der Waals surface area (Å²) in [5.74, 6) is -0.796. The molecule has 132 valence electrons. The first kappa shape index (κ1) is 18.7. The summed E-state index contributed by atoms with van der Waals surface area (Å²) in [6.45, 7) is -1.99. The van der Waals surface area contributed by atoms with Crippen molar-refractivity contribution < 1.29 is 27.4 Å². The van der Waals surface area contributed by atoms with Gasteiger partial charge in [0.1, 0.15) is 17.7 Å². The second-order valence-corrected chi connectivity index (χ2v) is 5.13. The van der Waals surface area contributed by atoms with Gasteiger partial charge in [0.15, 0.2) is 17.0 Å². The number of aromatic nitrogens is 4. The van der Waals surface area contributed by atoms with Crippen LogP contribution in [0.1, 0.15) is 10.5 Å². The molecule has 0 saturated heterocycles. The second kappa shape index (κ2) is 7.95. The molecule has 0 fully saturated rings. The van der Waals surface area contributed by atoms with E-state index in [1.807, 2.05) is 0 Å². The number of ether oxygens (including phenoxy) is 2. The maximum atomic E-state index is 13.1. The molecule has 2 aromatic rings. The van der Waals surface area contributed by atoms with Crippen LogP contribution in [-0.2, 0) is 16.0 Å². The van der Waals surface area contributed by atoms with Gasteiger partial charge in [-0.15, -0.1) is 0 Å². The smallest absolute Gasteiger partial charge is 0.360 e. The summed E-state index contributed by atoms with van der Waals surface area (Å²) in [7, 11) is 1.15. The van der Waals surface area contributed by atoms with E-state index in [2.05, 4.69) is 24.5 Å². The van der Waals surface area contributed by atoms with E-state index in [9.17, 15) is 18.0 Å². The molecule has 0 saturated carbocycles. The molecule has 0 spiro atoms. The van der Waals surface area contributed by atoms with Crippen LogP contribution >= 0.6 is 23.2 Å². The molecule has 0 aromatic carbocycles. The van der Waals surface area contributed by atoms with Crippen LogP contribution in [-0.4, -0.2) is 58.6 Å². The zero-order chi connectivity index (χ0) is 17.9. The Morgan fingerprint density at radius 2 is 2.04 bits per heavy atom. The summed E-state index contributed by atoms with van der Waals surface area (Å²) in [5, 5.41) is 3.64. The molecule has 12 heteroatoms. The number of hydrogen-bond donors (Lipinski definition) is 0. The first-order chi connectivity index (χ1) is 11.4. The number of esters is 1. The Hall–Kier alpha value is -1.65. The molecule has 2 aromatic heterocycles. The number of nitrogens with zero attached hydrogens (tertiary/aromatic N) is 4. The Bertz CT molecular complexity index is 746. The van der Waals surface area contributed by atoms with Gasteiger partial charge in [0.2, 0.25) is 11.6 Å². The number of carbonyl (C=O) groups is 1. The third-order valence-corrected chi connectivity index (χ3v) is 3.34. The lowest BCUT2D eigenvalue weighted by molar-refractivity contribution is -0.0931. The number of alkyl halides is 3. The van der Waals surface area contributed by atoms with Crippen molar-refractivity contribution in [1.29, 1.82) is 0 Å². The number of rotatable bonds is 7. The van der Waals surface area contributed by atoms with Crippen molar-refractivity contribution in [2.24, 2.45) is 0 Å². The Kier molecular flexibility index (Phi) is 6.19.